The Balaban J connectivity index is 2.14. The topological polar surface area (TPSA) is 55.2 Å². The van der Waals surface area contributed by atoms with Crippen LogP contribution in [0.4, 0.5) is 0 Å². The lowest BCUT2D eigenvalue weighted by Crippen LogP contribution is -2.36. The predicted octanol–water partition coefficient (Wildman–Crippen LogP) is 3.92. The van der Waals surface area contributed by atoms with E-state index >= 15 is 0 Å². The first-order valence-corrected chi connectivity index (χ1v) is 10.0. The van der Waals surface area contributed by atoms with Crippen molar-refractivity contribution in [1.82, 2.24) is 14.5 Å². The number of carbonyl (C=O) groups excluding carboxylic acids is 1. The summed E-state index contributed by atoms with van der Waals surface area (Å²) >= 11 is 1.52. The van der Waals surface area contributed by atoms with Crippen LogP contribution >= 0.6 is 11.3 Å². The molecule has 3 aromatic rings. The van der Waals surface area contributed by atoms with E-state index < -0.39 is 0 Å². The smallest absolute Gasteiger partial charge is 0.263 e. The summed E-state index contributed by atoms with van der Waals surface area (Å²) in [5, 5.41) is 0.607. The van der Waals surface area contributed by atoms with Crippen LogP contribution in [0.15, 0.2) is 29.3 Å². The van der Waals surface area contributed by atoms with Crippen LogP contribution in [0, 0.1) is 20.8 Å². The second-order valence-corrected chi connectivity index (χ2v) is 7.96. The molecule has 0 aliphatic carbocycles. The number of aromatic nitrogens is 2. The summed E-state index contributed by atoms with van der Waals surface area (Å²) in [7, 11) is 0. The highest BCUT2D eigenvalue weighted by Gasteiger charge is 2.19. The van der Waals surface area contributed by atoms with Crippen LogP contribution in [0.3, 0.4) is 0 Å². The molecule has 1 aromatic carbocycles. The quantitative estimate of drug-likeness (QED) is 0.671. The van der Waals surface area contributed by atoms with Gasteiger partial charge in [0, 0.05) is 23.5 Å². The zero-order valence-electron chi connectivity index (χ0n) is 16.5. The van der Waals surface area contributed by atoms with E-state index in [-0.39, 0.29) is 18.0 Å². The summed E-state index contributed by atoms with van der Waals surface area (Å²) in [6.07, 6.45) is 1.49. The van der Waals surface area contributed by atoms with Gasteiger partial charge in [0.1, 0.15) is 11.4 Å². The number of carbonyl (C=O) groups is 1. The molecule has 0 fully saturated rings. The van der Waals surface area contributed by atoms with E-state index in [0.717, 1.165) is 20.8 Å². The second-order valence-electron chi connectivity index (χ2n) is 6.76. The summed E-state index contributed by atoms with van der Waals surface area (Å²) in [6.45, 7) is 11.3. The number of hydrogen-bond acceptors (Lipinski definition) is 4. The minimum absolute atomic E-state index is 0.0186. The first kappa shape index (κ1) is 19.3. The standard InChI is InChI=1S/C21H25N3O2S/c1-6-23(7-2)17(25)11-24-12-22-20-19(21(24)26)18(15(5)27-20)16-9-8-13(3)14(4)10-16/h8-10,12H,6-7,11H2,1-5H3. The van der Waals surface area contributed by atoms with Crippen molar-refractivity contribution in [1.29, 1.82) is 0 Å². The molecule has 0 N–H and O–H groups in total. The summed E-state index contributed by atoms with van der Waals surface area (Å²) in [4.78, 5) is 33.6. The Hall–Kier alpha value is -2.47. The van der Waals surface area contributed by atoms with Crippen molar-refractivity contribution >= 4 is 27.5 Å². The van der Waals surface area contributed by atoms with Crippen LogP contribution in [-0.2, 0) is 11.3 Å². The van der Waals surface area contributed by atoms with Gasteiger partial charge in [-0.25, -0.2) is 4.98 Å². The van der Waals surface area contributed by atoms with Crippen LogP contribution in [0.2, 0.25) is 0 Å². The molecular weight excluding hydrogens is 358 g/mol. The average Bonchev–Trinajstić information content (AvgIpc) is 2.98. The Bertz CT molecular complexity index is 1060. The summed E-state index contributed by atoms with van der Waals surface area (Å²) in [6, 6.07) is 6.24. The Morgan fingerprint density at radius 1 is 1.15 bits per heavy atom. The molecule has 0 aliphatic heterocycles. The molecule has 27 heavy (non-hydrogen) atoms. The molecule has 2 heterocycles. The molecule has 0 unspecified atom stereocenters. The number of nitrogens with zero attached hydrogens (tertiary/aromatic N) is 3. The predicted molar refractivity (Wildman–Crippen MR) is 111 cm³/mol. The number of aryl methyl sites for hydroxylation is 3. The number of fused-ring (bicyclic) bond motifs is 1. The molecule has 0 saturated heterocycles. The van der Waals surface area contributed by atoms with E-state index in [2.05, 4.69) is 37.0 Å². The van der Waals surface area contributed by atoms with Crippen LogP contribution in [0.1, 0.15) is 29.9 Å². The highest BCUT2D eigenvalue weighted by Crippen LogP contribution is 2.36. The summed E-state index contributed by atoms with van der Waals surface area (Å²) in [5.41, 5.74) is 4.20. The number of amides is 1. The molecule has 0 bridgehead atoms. The van der Waals surface area contributed by atoms with Crippen molar-refractivity contribution in [3.8, 4) is 11.1 Å². The van der Waals surface area contributed by atoms with E-state index in [1.807, 2.05) is 20.8 Å². The second kappa shape index (κ2) is 7.64. The Morgan fingerprint density at radius 2 is 1.85 bits per heavy atom. The fraction of sp³-hybridized carbons (Fsp3) is 0.381. The molecular formula is C21H25N3O2S. The van der Waals surface area contributed by atoms with Crippen molar-refractivity contribution in [2.75, 3.05) is 13.1 Å². The zero-order valence-corrected chi connectivity index (χ0v) is 17.3. The van der Waals surface area contributed by atoms with Crippen LogP contribution in [0.5, 0.6) is 0 Å². The third kappa shape index (κ3) is 3.54. The van der Waals surface area contributed by atoms with E-state index in [0.29, 0.717) is 18.5 Å². The van der Waals surface area contributed by atoms with E-state index in [1.54, 1.807) is 4.90 Å². The van der Waals surface area contributed by atoms with Crippen molar-refractivity contribution < 1.29 is 4.79 Å². The molecule has 0 atom stereocenters. The van der Waals surface area contributed by atoms with Crippen molar-refractivity contribution in [2.24, 2.45) is 0 Å². The van der Waals surface area contributed by atoms with Gasteiger partial charge in [0.25, 0.3) is 5.56 Å². The molecule has 2 aromatic heterocycles. The maximum absolute atomic E-state index is 13.2. The molecule has 0 radical (unpaired) electrons. The minimum Gasteiger partial charge on any atom is -0.342 e. The lowest BCUT2D eigenvalue weighted by molar-refractivity contribution is -0.131. The van der Waals surface area contributed by atoms with Gasteiger partial charge >= 0.3 is 0 Å². The largest absolute Gasteiger partial charge is 0.342 e. The molecule has 142 valence electrons. The highest BCUT2D eigenvalue weighted by molar-refractivity contribution is 7.19. The van der Waals surface area contributed by atoms with Gasteiger partial charge in [-0.2, -0.15) is 0 Å². The molecule has 0 saturated carbocycles. The molecule has 0 aliphatic rings. The first-order chi connectivity index (χ1) is 12.9. The van der Waals surface area contributed by atoms with Gasteiger partial charge in [0.05, 0.1) is 11.7 Å². The Labute approximate surface area is 163 Å². The minimum atomic E-state index is -0.155. The van der Waals surface area contributed by atoms with E-state index in [1.165, 1.54) is 33.4 Å². The summed E-state index contributed by atoms with van der Waals surface area (Å²) in [5.74, 6) is -0.0667. The third-order valence-corrected chi connectivity index (χ3v) is 6.09. The van der Waals surface area contributed by atoms with Crippen LogP contribution < -0.4 is 5.56 Å². The van der Waals surface area contributed by atoms with Gasteiger partial charge in [-0.05, 0) is 51.3 Å². The normalized spacial score (nSPS) is 11.1. The van der Waals surface area contributed by atoms with E-state index in [9.17, 15) is 9.59 Å². The highest BCUT2D eigenvalue weighted by atomic mass is 32.1. The molecule has 6 heteroatoms. The van der Waals surface area contributed by atoms with Crippen molar-refractivity contribution in [2.45, 2.75) is 41.2 Å². The van der Waals surface area contributed by atoms with Gasteiger partial charge in [-0.1, -0.05) is 18.2 Å². The Morgan fingerprint density at radius 3 is 2.48 bits per heavy atom. The van der Waals surface area contributed by atoms with Gasteiger partial charge in [-0.3, -0.25) is 14.2 Å². The molecule has 1 amide bonds. The molecule has 3 rings (SSSR count). The average molecular weight is 384 g/mol. The maximum Gasteiger partial charge on any atom is 0.263 e. The van der Waals surface area contributed by atoms with Gasteiger partial charge in [-0.15, -0.1) is 11.3 Å². The van der Waals surface area contributed by atoms with Gasteiger partial charge < -0.3 is 4.90 Å². The lowest BCUT2D eigenvalue weighted by Gasteiger charge is -2.19. The third-order valence-electron chi connectivity index (χ3n) is 5.07. The number of hydrogen-bond donors (Lipinski definition) is 0. The van der Waals surface area contributed by atoms with E-state index in [4.69, 9.17) is 0 Å². The Kier molecular flexibility index (Phi) is 5.46. The van der Waals surface area contributed by atoms with Crippen LogP contribution in [-0.4, -0.2) is 33.4 Å². The molecule has 0 spiro atoms. The first-order valence-electron chi connectivity index (χ1n) is 9.21. The SMILES string of the molecule is CCN(CC)C(=O)Cn1cnc2sc(C)c(-c3ccc(C)c(C)c3)c2c1=O. The van der Waals surface area contributed by atoms with Gasteiger partial charge in [0.15, 0.2) is 0 Å². The number of likely N-dealkylation sites (N-methyl/N-ethyl adjacent to an activating group) is 1. The van der Waals surface area contributed by atoms with Crippen molar-refractivity contribution in [3.05, 3.63) is 50.9 Å². The maximum atomic E-state index is 13.2. The fourth-order valence-electron chi connectivity index (χ4n) is 3.32. The number of benzene rings is 1. The van der Waals surface area contributed by atoms with Gasteiger partial charge in [0.2, 0.25) is 5.91 Å². The molecule has 5 nitrogen and oxygen atoms in total. The number of thiophene rings is 1. The fourth-order valence-corrected chi connectivity index (χ4v) is 4.32. The zero-order chi connectivity index (χ0) is 19.7. The summed E-state index contributed by atoms with van der Waals surface area (Å²) < 4.78 is 1.43. The monoisotopic (exact) mass is 383 g/mol. The van der Waals surface area contributed by atoms with Crippen molar-refractivity contribution in [3.63, 3.8) is 0 Å². The van der Waals surface area contributed by atoms with Crippen LogP contribution in [0.25, 0.3) is 21.3 Å². The lowest BCUT2D eigenvalue weighted by atomic mass is 9.99. The number of rotatable bonds is 5.